The quantitative estimate of drug-likeness (QED) is 0.764. The molecule has 1 N–H and O–H groups in total. The molecule has 0 unspecified atom stereocenters. The lowest BCUT2D eigenvalue weighted by Gasteiger charge is -2.23. The van der Waals surface area contributed by atoms with Crippen LogP contribution in [0.3, 0.4) is 0 Å². The van der Waals surface area contributed by atoms with Crippen LogP contribution in [0.15, 0.2) is 48.1 Å². The lowest BCUT2D eigenvalue weighted by Crippen LogP contribution is -2.33. The Morgan fingerprint density at radius 1 is 1.29 bits per heavy atom. The molecule has 3 aromatic rings. The average Bonchev–Trinajstić information content (AvgIpc) is 3.32. The number of hydrogen-bond acceptors (Lipinski definition) is 3. The van der Waals surface area contributed by atoms with Crippen LogP contribution >= 0.6 is 11.3 Å². The van der Waals surface area contributed by atoms with Gasteiger partial charge in [-0.15, -0.1) is 11.3 Å². The molecule has 24 heavy (non-hydrogen) atoms. The van der Waals surface area contributed by atoms with E-state index in [1.54, 1.807) is 11.3 Å². The molecule has 1 atom stereocenters. The number of hydrogen-bond donors (Lipinski definition) is 1. The van der Waals surface area contributed by atoms with Crippen LogP contribution in [0.2, 0.25) is 0 Å². The lowest BCUT2D eigenvalue weighted by molar-refractivity contribution is -0.121. The van der Waals surface area contributed by atoms with Gasteiger partial charge in [-0.05, 0) is 42.3 Å². The van der Waals surface area contributed by atoms with Gasteiger partial charge in [-0.2, -0.15) is 0 Å². The molecule has 124 valence electrons. The first-order valence-corrected chi connectivity index (χ1v) is 9.43. The Balaban J connectivity index is 1.48. The summed E-state index contributed by atoms with van der Waals surface area (Å²) in [5, 5.41) is 5.37. The fourth-order valence-corrected chi connectivity index (χ4v) is 4.51. The minimum atomic E-state index is 0.0590. The Morgan fingerprint density at radius 2 is 2.17 bits per heavy atom. The largest absolute Gasteiger partial charge is 0.348 e. The molecular formula is C19H21N3OS. The van der Waals surface area contributed by atoms with Crippen LogP contribution < -0.4 is 5.32 Å². The van der Waals surface area contributed by atoms with Gasteiger partial charge in [0.15, 0.2) is 0 Å². The van der Waals surface area contributed by atoms with Crippen molar-refractivity contribution in [3.8, 4) is 0 Å². The second-order valence-corrected chi connectivity index (χ2v) is 7.46. The maximum atomic E-state index is 12.6. The summed E-state index contributed by atoms with van der Waals surface area (Å²) in [6, 6.07) is 10.2. The van der Waals surface area contributed by atoms with Crippen molar-refractivity contribution in [3.05, 3.63) is 58.7 Å². The van der Waals surface area contributed by atoms with Gasteiger partial charge >= 0.3 is 0 Å². The van der Waals surface area contributed by atoms with E-state index in [1.165, 1.54) is 30.6 Å². The topological polar surface area (TPSA) is 46.4 Å². The number of carbonyl (C=O) groups is 1. The smallest absolute Gasteiger partial charge is 0.226 e. The molecule has 1 amide bonds. The van der Waals surface area contributed by atoms with Crippen LogP contribution in [-0.4, -0.2) is 15.3 Å². The van der Waals surface area contributed by atoms with Crippen molar-refractivity contribution in [2.45, 2.75) is 38.1 Å². The van der Waals surface area contributed by atoms with Crippen LogP contribution in [0, 0.1) is 5.92 Å². The van der Waals surface area contributed by atoms with Gasteiger partial charge in [0.2, 0.25) is 5.91 Å². The standard InChI is InChI=1S/C19H21N3OS/c23-18(12-15-13-22-10-4-3-9-17(22)20-15)21-19(14-6-1-2-7-14)16-8-5-11-24-16/h3-5,8-11,13-14,19H,1-2,6-7,12H2,(H,21,23)/t19-/m0/s1. The monoisotopic (exact) mass is 339 g/mol. The molecule has 0 radical (unpaired) electrons. The second-order valence-electron chi connectivity index (χ2n) is 6.48. The third-order valence-corrected chi connectivity index (χ3v) is 5.75. The van der Waals surface area contributed by atoms with Gasteiger partial charge < -0.3 is 9.72 Å². The molecule has 0 aromatic carbocycles. The van der Waals surface area contributed by atoms with Crippen LogP contribution in [0.5, 0.6) is 0 Å². The number of aromatic nitrogens is 2. The Morgan fingerprint density at radius 3 is 2.92 bits per heavy atom. The molecule has 1 aliphatic carbocycles. The Bertz CT molecular complexity index is 785. The van der Waals surface area contributed by atoms with Gasteiger partial charge in [0.1, 0.15) is 5.65 Å². The minimum Gasteiger partial charge on any atom is -0.348 e. The highest BCUT2D eigenvalue weighted by Gasteiger charge is 2.28. The summed E-state index contributed by atoms with van der Waals surface area (Å²) in [6.45, 7) is 0. The number of nitrogens with zero attached hydrogens (tertiary/aromatic N) is 2. The minimum absolute atomic E-state index is 0.0590. The molecule has 0 aliphatic heterocycles. The molecule has 0 bridgehead atoms. The summed E-state index contributed by atoms with van der Waals surface area (Å²) >= 11 is 1.74. The van der Waals surface area contributed by atoms with Crippen LogP contribution in [0.1, 0.15) is 42.3 Å². The number of amides is 1. The zero-order valence-electron chi connectivity index (χ0n) is 13.5. The van der Waals surface area contributed by atoms with Gasteiger partial charge in [0.25, 0.3) is 0 Å². The highest BCUT2D eigenvalue weighted by atomic mass is 32.1. The van der Waals surface area contributed by atoms with Crippen molar-refractivity contribution < 1.29 is 4.79 Å². The molecule has 1 aliphatic rings. The molecule has 4 rings (SSSR count). The number of pyridine rings is 1. The highest BCUT2D eigenvalue weighted by molar-refractivity contribution is 7.10. The zero-order chi connectivity index (χ0) is 16.4. The molecule has 3 aromatic heterocycles. The fraction of sp³-hybridized carbons (Fsp3) is 0.368. The van der Waals surface area contributed by atoms with Crippen molar-refractivity contribution in [1.82, 2.24) is 14.7 Å². The molecule has 1 saturated carbocycles. The van der Waals surface area contributed by atoms with Gasteiger partial charge in [-0.3, -0.25) is 4.79 Å². The first kappa shape index (κ1) is 15.4. The maximum absolute atomic E-state index is 12.6. The van der Waals surface area contributed by atoms with Crippen molar-refractivity contribution >= 4 is 22.9 Å². The van der Waals surface area contributed by atoms with E-state index in [-0.39, 0.29) is 11.9 Å². The Labute approximate surface area is 145 Å². The summed E-state index contributed by atoms with van der Waals surface area (Å²) in [5.74, 6) is 0.623. The number of carbonyl (C=O) groups excluding carboxylic acids is 1. The first-order chi connectivity index (χ1) is 11.8. The molecule has 1 fully saturated rings. The van der Waals surface area contributed by atoms with Crippen LogP contribution in [0.4, 0.5) is 0 Å². The number of rotatable bonds is 5. The summed E-state index contributed by atoms with van der Waals surface area (Å²) in [6.07, 6.45) is 9.18. The fourth-order valence-electron chi connectivity index (χ4n) is 3.64. The predicted molar refractivity (Wildman–Crippen MR) is 96.1 cm³/mol. The summed E-state index contributed by atoms with van der Waals surface area (Å²) < 4.78 is 1.95. The van der Waals surface area contributed by atoms with E-state index in [4.69, 9.17) is 0 Å². The molecule has 0 saturated heterocycles. The molecule has 5 heteroatoms. The molecule has 4 nitrogen and oxygen atoms in total. The lowest BCUT2D eigenvalue weighted by atomic mass is 9.96. The van der Waals surface area contributed by atoms with E-state index in [0.29, 0.717) is 12.3 Å². The SMILES string of the molecule is O=C(Cc1cn2ccccc2n1)N[C@H](c1cccs1)C1CCCC1. The van der Waals surface area contributed by atoms with Crippen molar-refractivity contribution in [3.63, 3.8) is 0 Å². The summed E-state index contributed by atoms with van der Waals surface area (Å²) in [7, 11) is 0. The summed E-state index contributed by atoms with van der Waals surface area (Å²) in [4.78, 5) is 18.4. The Kier molecular flexibility index (Phi) is 4.34. The van der Waals surface area contributed by atoms with E-state index in [2.05, 4.69) is 27.8 Å². The van der Waals surface area contributed by atoms with E-state index in [1.807, 2.05) is 35.0 Å². The van der Waals surface area contributed by atoms with E-state index in [9.17, 15) is 4.79 Å². The number of nitrogens with one attached hydrogen (secondary N) is 1. The van der Waals surface area contributed by atoms with Gasteiger partial charge in [-0.1, -0.05) is 25.0 Å². The number of fused-ring (bicyclic) bond motifs is 1. The highest BCUT2D eigenvalue weighted by Crippen LogP contribution is 2.37. The number of imidazole rings is 1. The molecule has 3 heterocycles. The van der Waals surface area contributed by atoms with Crippen LogP contribution in [-0.2, 0) is 11.2 Å². The van der Waals surface area contributed by atoms with Gasteiger partial charge in [0, 0.05) is 17.3 Å². The third-order valence-electron chi connectivity index (χ3n) is 4.79. The van der Waals surface area contributed by atoms with Crippen LogP contribution in [0.25, 0.3) is 5.65 Å². The van der Waals surface area contributed by atoms with E-state index < -0.39 is 0 Å². The van der Waals surface area contributed by atoms with E-state index >= 15 is 0 Å². The molecule has 0 spiro atoms. The summed E-state index contributed by atoms with van der Waals surface area (Å²) in [5.41, 5.74) is 1.70. The second kappa shape index (κ2) is 6.77. The first-order valence-electron chi connectivity index (χ1n) is 8.55. The van der Waals surface area contributed by atoms with Crippen molar-refractivity contribution in [1.29, 1.82) is 0 Å². The predicted octanol–water partition coefficient (Wildman–Crippen LogP) is 3.99. The number of thiophene rings is 1. The normalized spacial score (nSPS) is 16.5. The average molecular weight is 339 g/mol. The van der Waals surface area contributed by atoms with Crippen molar-refractivity contribution in [2.75, 3.05) is 0 Å². The van der Waals surface area contributed by atoms with Gasteiger partial charge in [-0.25, -0.2) is 4.98 Å². The third kappa shape index (κ3) is 3.22. The van der Waals surface area contributed by atoms with Crippen molar-refractivity contribution in [2.24, 2.45) is 5.92 Å². The zero-order valence-corrected chi connectivity index (χ0v) is 14.3. The Hall–Kier alpha value is -2.14. The molecular weight excluding hydrogens is 318 g/mol. The van der Waals surface area contributed by atoms with Gasteiger partial charge in [0.05, 0.1) is 18.2 Å². The van der Waals surface area contributed by atoms with E-state index in [0.717, 1.165) is 11.3 Å². The maximum Gasteiger partial charge on any atom is 0.226 e.